The van der Waals surface area contributed by atoms with Crippen LogP contribution in [0.3, 0.4) is 0 Å². The molecule has 0 fully saturated rings. The second-order valence-corrected chi connectivity index (χ2v) is 2.61. The molecule has 0 aliphatic rings. The zero-order valence-electron chi connectivity index (χ0n) is 7.87. The van der Waals surface area contributed by atoms with Gasteiger partial charge in [0.2, 0.25) is 12.4 Å². The number of carbonyl (C=O) groups is 1. The van der Waals surface area contributed by atoms with Gasteiger partial charge in [-0.3, -0.25) is 14.6 Å². The predicted octanol–water partition coefficient (Wildman–Crippen LogP) is -1.01. The molecular formula is C7H11N5O2. The standard InChI is InChI=1S/C7H11N5O2/c1-9-5-4(12(2)3-13)6(14)11-7(8)10-5/h3H,1-2H3,(H4,8,9,10,11,14). The number of aromatic nitrogens is 2. The summed E-state index contributed by atoms with van der Waals surface area (Å²) in [4.78, 5) is 29.2. The molecule has 1 heterocycles. The quantitative estimate of drug-likeness (QED) is 0.538. The largest absolute Gasteiger partial charge is 0.371 e. The highest BCUT2D eigenvalue weighted by Crippen LogP contribution is 2.15. The van der Waals surface area contributed by atoms with Gasteiger partial charge >= 0.3 is 0 Å². The van der Waals surface area contributed by atoms with Crippen molar-refractivity contribution >= 4 is 23.9 Å². The van der Waals surface area contributed by atoms with Crippen molar-refractivity contribution in [3.8, 4) is 0 Å². The van der Waals surface area contributed by atoms with Gasteiger partial charge in [-0.1, -0.05) is 0 Å². The van der Waals surface area contributed by atoms with Crippen LogP contribution in [0.1, 0.15) is 0 Å². The molecule has 7 nitrogen and oxygen atoms in total. The van der Waals surface area contributed by atoms with Gasteiger partial charge in [0.15, 0.2) is 11.5 Å². The van der Waals surface area contributed by atoms with Crippen LogP contribution >= 0.6 is 0 Å². The smallest absolute Gasteiger partial charge is 0.278 e. The van der Waals surface area contributed by atoms with Crippen LogP contribution in [0, 0.1) is 0 Å². The van der Waals surface area contributed by atoms with Gasteiger partial charge in [0.25, 0.3) is 5.56 Å². The van der Waals surface area contributed by atoms with Crippen molar-refractivity contribution in [1.29, 1.82) is 0 Å². The topological polar surface area (TPSA) is 104 Å². The molecule has 0 saturated heterocycles. The lowest BCUT2D eigenvalue weighted by atomic mass is 10.4. The Kier molecular flexibility index (Phi) is 2.70. The number of hydrogen-bond acceptors (Lipinski definition) is 5. The average molecular weight is 197 g/mol. The summed E-state index contributed by atoms with van der Waals surface area (Å²) in [5.74, 6) is 0.267. The van der Waals surface area contributed by atoms with Crippen molar-refractivity contribution in [2.24, 2.45) is 0 Å². The van der Waals surface area contributed by atoms with Crippen molar-refractivity contribution in [1.82, 2.24) is 9.97 Å². The lowest BCUT2D eigenvalue weighted by Crippen LogP contribution is -2.26. The molecule has 1 rings (SSSR count). The number of rotatable bonds is 3. The van der Waals surface area contributed by atoms with E-state index in [1.165, 1.54) is 7.05 Å². The maximum absolute atomic E-state index is 11.4. The van der Waals surface area contributed by atoms with Crippen LogP contribution in [0.2, 0.25) is 0 Å². The van der Waals surface area contributed by atoms with E-state index >= 15 is 0 Å². The summed E-state index contributed by atoms with van der Waals surface area (Å²) in [6.07, 6.45) is 0.517. The zero-order valence-corrected chi connectivity index (χ0v) is 7.87. The molecule has 14 heavy (non-hydrogen) atoms. The fourth-order valence-corrected chi connectivity index (χ4v) is 1.04. The number of H-pyrrole nitrogens is 1. The third-order valence-corrected chi connectivity index (χ3v) is 1.66. The number of nitrogen functional groups attached to an aromatic ring is 1. The van der Waals surface area contributed by atoms with Crippen molar-refractivity contribution in [2.75, 3.05) is 30.0 Å². The number of nitrogens with one attached hydrogen (secondary N) is 2. The molecular weight excluding hydrogens is 186 g/mol. The van der Waals surface area contributed by atoms with Gasteiger partial charge in [-0.05, 0) is 0 Å². The van der Waals surface area contributed by atoms with E-state index in [1.807, 2.05) is 0 Å². The Morgan fingerprint density at radius 3 is 2.79 bits per heavy atom. The molecule has 0 bridgehead atoms. The maximum atomic E-state index is 11.4. The van der Waals surface area contributed by atoms with E-state index in [4.69, 9.17) is 5.73 Å². The Hall–Kier alpha value is -2.05. The minimum absolute atomic E-state index is 0.00222. The van der Waals surface area contributed by atoms with Gasteiger partial charge in [-0.25, -0.2) is 0 Å². The summed E-state index contributed by atoms with van der Waals surface area (Å²) >= 11 is 0. The number of aromatic amines is 1. The highest BCUT2D eigenvalue weighted by Gasteiger charge is 2.12. The normalized spacial score (nSPS) is 9.57. The van der Waals surface area contributed by atoms with Crippen LogP contribution in [-0.2, 0) is 4.79 Å². The molecule has 0 aliphatic carbocycles. The lowest BCUT2D eigenvalue weighted by Gasteiger charge is -2.13. The molecule has 0 radical (unpaired) electrons. The fourth-order valence-electron chi connectivity index (χ4n) is 1.04. The number of anilines is 3. The SMILES string of the molecule is CNc1nc(N)[nH]c(=O)c1N(C)C=O. The first kappa shape index (κ1) is 10.0. The molecule has 0 unspecified atom stereocenters. The molecule has 0 aliphatic heterocycles. The van der Waals surface area contributed by atoms with Crippen molar-refractivity contribution in [3.05, 3.63) is 10.4 Å². The summed E-state index contributed by atoms with van der Waals surface area (Å²) in [6.45, 7) is 0. The fraction of sp³-hybridized carbons (Fsp3) is 0.286. The lowest BCUT2D eigenvalue weighted by molar-refractivity contribution is -0.107. The molecule has 7 heteroatoms. The Morgan fingerprint density at radius 1 is 1.64 bits per heavy atom. The molecule has 0 spiro atoms. The van der Waals surface area contributed by atoms with E-state index in [0.29, 0.717) is 6.41 Å². The van der Waals surface area contributed by atoms with Gasteiger partial charge in [-0.15, -0.1) is 0 Å². The second kappa shape index (κ2) is 3.77. The summed E-state index contributed by atoms with van der Waals surface area (Å²) in [5.41, 5.74) is 5.01. The molecule has 0 aromatic carbocycles. The Morgan fingerprint density at radius 2 is 2.29 bits per heavy atom. The average Bonchev–Trinajstić information content (AvgIpc) is 2.15. The number of hydrogen-bond donors (Lipinski definition) is 3. The zero-order chi connectivity index (χ0) is 10.7. The van der Waals surface area contributed by atoms with Crippen molar-refractivity contribution in [2.45, 2.75) is 0 Å². The van der Waals surface area contributed by atoms with Crippen LogP contribution in [0.15, 0.2) is 4.79 Å². The van der Waals surface area contributed by atoms with E-state index in [-0.39, 0.29) is 17.5 Å². The molecule has 0 saturated carbocycles. The van der Waals surface area contributed by atoms with E-state index < -0.39 is 5.56 Å². The van der Waals surface area contributed by atoms with E-state index in [9.17, 15) is 9.59 Å². The van der Waals surface area contributed by atoms with Crippen LogP contribution in [0.25, 0.3) is 0 Å². The van der Waals surface area contributed by atoms with Gasteiger partial charge in [0.05, 0.1) is 0 Å². The molecule has 76 valence electrons. The molecule has 1 amide bonds. The first-order chi connectivity index (χ1) is 6.60. The van der Waals surface area contributed by atoms with Gasteiger partial charge < -0.3 is 16.0 Å². The van der Waals surface area contributed by atoms with Crippen LogP contribution in [-0.4, -0.2) is 30.5 Å². The summed E-state index contributed by atoms with van der Waals surface area (Å²) in [6, 6.07) is 0. The van der Waals surface area contributed by atoms with Gasteiger partial charge in [-0.2, -0.15) is 4.98 Å². The molecule has 1 aromatic heterocycles. The predicted molar refractivity (Wildman–Crippen MR) is 53.3 cm³/mol. The summed E-state index contributed by atoms with van der Waals surface area (Å²) in [5, 5.41) is 2.68. The van der Waals surface area contributed by atoms with Crippen molar-refractivity contribution in [3.63, 3.8) is 0 Å². The van der Waals surface area contributed by atoms with Gasteiger partial charge in [0.1, 0.15) is 0 Å². The minimum Gasteiger partial charge on any atom is -0.371 e. The maximum Gasteiger partial charge on any atom is 0.278 e. The highest BCUT2D eigenvalue weighted by molar-refractivity contribution is 5.80. The Labute approximate surface area is 79.9 Å². The monoisotopic (exact) mass is 197 g/mol. The molecule has 0 atom stereocenters. The minimum atomic E-state index is -0.462. The molecule has 1 aromatic rings. The highest BCUT2D eigenvalue weighted by atomic mass is 16.1. The third kappa shape index (κ3) is 1.65. The Balaban J connectivity index is 3.39. The Bertz CT molecular complexity index is 400. The van der Waals surface area contributed by atoms with Crippen LogP contribution < -0.4 is 21.5 Å². The summed E-state index contributed by atoms with van der Waals surface area (Å²) < 4.78 is 0. The third-order valence-electron chi connectivity index (χ3n) is 1.66. The molecule has 4 N–H and O–H groups in total. The number of amides is 1. The van der Waals surface area contributed by atoms with Crippen molar-refractivity contribution < 1.29 is 4.79 Å². The summed E-state index contributed by atoms with van der Waals surface area (Å²) in [7, 11) is 3.04. The number of nitrogens with two attached hydrogens (primary N) is 1. The van der Waals surface area contributed by atoms with E-state index in [1.54, 1.807) is 7.05 Å². The van der Waals surface area contributed by atoms with E-state index in [0.717, 1.165) is 4.90 Å². The number of nitrogens with zero attached hydrogens (tertiary/aromatic N) is 2. The first-order valence-electron chi connectivity index (χ1n) is 3.85. The number of carbonyl (C=O) groups excluding carboxylic acids is 1. The van der Waals surface area contributed by atoms with E-state index in [2.05, 4.69) is 15.3 Å². The first-order valence-corrected chi connectivity index (χ1v) is 3.85. The van der Waals surface area contributed by atoms with Gasteiger partial charge in [0, 0.05) is 14.1 Å². The second-order valence-electron chi connectivity index (χ2n) is 2.61. The van der Waals surface area contributed by atoms with Crippen LogP contribution in [0.4, 0.5) is 17.5 Å². The van der Waals surface area contributed by atoms with Crippen LogP contribution in [0.5, 0.6) is 0 Å².